The number of carboxylic acids is 1. The highest BCUT2D eigenvalue weighted by Crippen LogP contribution is 2.09. The van der Waals surface area contributed by atoms with Gasteiger partial charge in [-0.05, 0) is 51.0 Å². The number of nitrogens with two attached hydrogens (primary N) is 5. The molecule has 5 unspecified atom stereocenters. The van der Waals surface area contributed by atoms with E-state index in [0.717, 1.165) is 0 Å². The Morgan fingerprint density at radius 1 is 0.816 bits per heavy atom. The summed E-state index contributed by atoms with van der Waals surface area (Å²) in [7, 11) is 0. The van der Waals surface area contributed by atoms with Gasteiger partial charge in [-0.2, -0.15) is 0 Å². The second-order valence-electron chi connectivity index (χ2n) is 9.17. The van der Waals surface area contributed by atoms with E-state index in [4.69, 9.17) is 28.7 Å². The predicted octanol–water partition coefficient (Wildman–Crippen LogP) is -2.65. The number of aliphatic imine (C=N–C) groups is 1. The molecule has 15 heteroatoms. The molecule has 0 heterocycles. The normalized spacial score (nSPS) is 14.7. The predicted molar refractivity (Wildman–Crippen MR) is 142 cm³/mol. The molecule has 0 rings (SSSR count). The Hall–Kier alpha value is -3.46. The fraction of sp³-hybridized carbons (Fsp3) is 0.739. The van der Waals surface area contributed by atoms with E-state index in [9.17, 15) is 29.1 Å². The molecular formula is C23H45N9O6. The largest absolute Gasteiger partial charge is 0.480 e. The van der Waals surface area contributed by atoms with Crippen molar-refractivity contribution in [3.8, 4) is 0 Å². The summed E-state index contributed by atoms with van der Waals surface area (Å²) in [4.78, 5) is 65.6. The molecule has 0 radical (unpaired) electrons. The Bertz CT molecular complexity index is 819. The monoisotopic (exact) mass is 543 g/mol. The second kappa shape index (κ2) is 18.7. The molecule has 0 aliphatic heterocycles. The van der Waals surface area contributed by atoms with Crippen molar-refractivity contribution in [2.75, 3.05) is 13.1 Å². The molecule has 0 fully saturated rings. The van der Waals surface area contributed by atoms with Crippen molar-refractivity contribution in [2.24, 2.45) is 39.6 Å². The number of primary amides is 1. The van der Waals surface area contributed by atoms with Gasteiger partial charge in [0.2, 0.25) is 23.6 Å². The van der Waals surface area contributed by atoms with Crippen molar-refractivity contribution >= 4 is 35.6 Å². The van der Waals surface area contributed by atoms with Gasteiger partial charge >= 0.3 is 5.97 Å². The molecule has 0 aliphatic carbocycles. The van der Waals surface area contributed by atoms with E-state index in [0.29, 0.717) is 25.8 Å². The van der Waals surface area contributed by atoms with E-state index in [1.165, 1.54) is 0 Å². The van der Waals surface area contributed by atoms with Crippen LogP contribution in [0.5, 0.6) is 0 Å². The van der Waals surface area contributed by atoms with Gasteiger partial charge in [-0.1, -0.05) is 20.3 Å². The van der Waals surface area contributed by atoms with Crippen LogP contribution in [0.3, 0.4) is 0 Å². The Labute approximate surface area is 223 Å². The quantitative estimate of drug-likeness (QED) is 0.0436. The molecule has 0 spiro atoms. The summed E-state index contributed by atoms with van der Waals surface area (Å²) in [6.45, 7) is 4.18. The lowest BCUT2D eigenvalue weighted by atomic mass is 9.98. The second-order valence-corrected chi connectivity index (χ2v) is 9.17. The molecule has 15 nitrogen and oxygen atoms in total. The first-order valence-corrected chi connectivity index (χ1v) is 12.8. The Balaban J connectivity index is 5.71. The van der Waals surface area contributed by atoms with E-state index >= 15 is 0 Å². The fourth-order valence-electron chi connectivity index (χ4n) is 3.40. The van der Waals surface area contributed by atoms with Gasteiger partial charge in [-0.25, -0.2) is 4.79 Å². The maximum atomic E-state index is 13.1. The number of nitrogens with one attached hydrogen (secondary N) is 3. The molecule has 0 aromatic heterocycles. The molecule has 0 aliphatic rings. The summed E-state index contributed by atoms with van der Waals surface area (Å²) < 4.78 is 0. The van der Waals surface area contributed by atoms with Crippen LogP contribution in [0.1, 0.15) is 65.2 Å². The molecule has 14 N–H and O–H groups in total. The first-order chi connectivity index (χ1) is 17.8. The number of nitrogens with zero attached hydrogens (tertiary/aromatic N) is 1. The lowest BCUT2D eigenvalue weighted by molar-refractivity contribution is -0.142. The number of aliphatic carboxylic acids is 1. The highest BCUT2D eigenvalue weighted by molar-refractivity contribution is 5.94. The van der Waals surface area contributed by atoms with Crippen molar-refractivity contribution in [2.45, 2.75) is 89.4 Å². The molecule has 0 saturated heterocycles. The van der Waals surface area contributed by atoms with Gasteiger partial charge in [-0.15, -0.1) is 0 Å². The molecule has 38 heavy (non-hydrogen) atoms. The zero-order valence-corrected chi connectivity index (χ0v) is 22.3. The van der Waals surface area contributed by atoms with Crippen LogP contribution in [-0.2, 0) is 24.0 Å². The summed E-state index contributed by atoms with van der Waals surface area (Å²) in [5.41, 5.74) is 27.3. The van der Waals surface area contributed by atoms with Gasteiger partial charge < -0.3 is 49.7 Å². The highest BCUT2D eigenvalue weighted by atomic mass is 16.4. The fourth-order valence-corrected chi connectivity index (χ4v) is 3.40. The summed E-state index contributed by atoms with van der Waals surface area (Å²) in [5, 5.41) is 17.0. The van der Waals surface area contributed by atoms with Crippen molar-refractivity contribution in [3.63, 3.8) is 0 Å². The van der Waals surface area contributed by atoms with Crippen molar-refractivity contribution in [1.82, 2.24) is 16.0 Å². The molecule has 4 amide bonds. The number of carbonyl (C=O) groups excluding carboxylic acids is 4. The van der Waals surface area contributed by atoms with E-state index in [2.05, 4.69) is 20.9 Å². The Morgan fingerprint density at radius 3 is 1.84 bits per heavy atom. The number of carbonyl (C=O) groups is 5. The zero-order valence-electron chi connectivity index (χ0n) is 22.3. The molecule has 0 bridgehead atoms. The lowest BCUT2D eigenvalue weighted by Crippen LogP contribution is -2.57. The van der Waals surface area contributed by atoms with Crippen molar-refractivity contribution in [1.29, 1.82) is 0 Å². The van der Waals surface area contributed by atoms with Crippen LogP contribution in [0.4, 0.5) is 0 Å². The van der Waals surface area contributed by atoms with Gasteiger partial charge in [0, 0.05) is 13.0 Å². The van der Waals surface area contributed by atoms with E-state index in [1.54, 1.807) is 6.92 Å². The number of rotatable bonds is 20. The minimum absolute atomic E-state index is 0.0619. The minimum Gasteiger partial charge on any atom is -0.480 e. The van der Waals surface area contributed by atoms with E-state index < -0.39 is 53.8 Å². The highest BCUT2D eigenvalue weighted by Gasteiger charge is 2.31. The lowest BCUT2D eigenvalue weighted by Gasteiger charge is -2.26. The average Bonchev–Trinajstić information content (AvgIpc) is 2.85. The Kier molecular flexibility index (Phi) is 17.0. The molecule has 0 aromatic rings. The van der Waals surface area contributed by atoms with E-state index in [1.807, 2.05) is 6.92 Å². The maximum absolute atomic E-state index is 13.1. The molecule has 0 saturated carbocycles. The van der Waals surface area contributed by atoms with Gasteiger partial charge in [0.15, 0.2) is 5.96 Å². The third kappa shape index (κ3) is 14.3. The summed E-state index contributed by atoms with van der Waals surface area (Å²) >= 11 is 0. The van der Waals surface area contributed by atoms with Crippen LogP contribution in [0, 0.1) is 5.92 Å². The third-order valence-electron chi connectivity index (χ3n) is 6.01. The first-order valence-electron chi connectivity index (χ1n) is 12.8. The Morgan fingerprint density at radius 2 is 1.34 bits per heavy atom. The van der Waals surface area contributed by atoms with Gasteiger partial charge in [-0.3, -0.25) is 24.2 Å². The average molecular weight is 544 g/mol. The van der Waals surface area contributed by atoms with Crippen LogP contribution in [0.25, 0.3) is 0 Å². The third-order valence-corrected chi connectivity index (χ3v) is 6.01. The number of hydrogen-bond acceptors (Lipinski definition) is 8. The van der Waals surface area contributed by atoms with Gasteiger partial charge in [0.1, 0.15) is 18.1 Å². The topological polar surface area (TPSA) is 284 Å². The molecule has 218 valence electrons. The standard InChI is InChI=1S/C23H45N9O6/c1-3-13(2)18(26)21(36)31-15(9-10-17(25)33)20(35)30-14(8-6-12-29-23(27)28)19(34)32-16(22(37)38)7-4-5-11-24/h13-16,18H,3-12,24,26H2,1-2H3,(H2,25,33)(H,30,35)(H,31,36)(H,32,34)(H,37,38)(H4,27,28,29). The number of carboxylic acid groups (broad SMARTS) is 1. The van der Waals surface area contributed by atoms with Gasteiger partial charge in [0.05, 0.1) is 6.04 Å². The van der Waals surface area contributed by atoms with Crippen LogP contribution in [0.2, 0.25) is 0 Å². The summed E-state index contributed by atoms with van der Waals surface area (Å²) in [6, 6.07) is -4.47. The summed E-state index contributed by atoms with van der Waals surface area (Å²) in [6.07, 6.45) is 1.84. The number of unbranched alkanes of at least 4 members (excludes halogenated alkanes) is 1. The summed E-state index contributed by atoms with van der Waals surface area (Å²) in [5.74, 6) is -4.32. The van der Waals surface area contributed by atoms with Crippen LogP contribution >= 0.6 is 0 Å². The van der Waals surface area contributed by atoms with Crippen molar-refractivity contribution < 1.29 is 29.1 Å². The van der Waals surface area contributed by atoms with Crippen LogP contribution < -0.4 is 44.6 Å². The SMILES string of the molecule is CCC(C)C(N)C(=O)NC(CCC(N)=O)C(=O)NC(CCCN=C(N)N)C(=O)NC(CCCCN)C(=O)O. The number of amides is 4. The van der Waals surface area contributed by atoms with E-state index in [-0.39, 0.29) is 50.5 Å². The van der Waals surface area contributed by atoms with Crippen LogP contribution in [0.15, 0.2) is 4.99 Å². The number of hydrogen-bond donors (Lipinski definition) is 9. The molecule has 0 aromatic carbocycles. The zero-order chi connectivity index (χ0) is 29.3. The minimum atomic E-state index is -1.23. The van der Waals surface area contributed by atoms with Crippen LogP contribution in [-0.4, -0.2) is 77.9 Å². The van der Waals surface area contributed by atoms with Gasteiger partial charge in [0.25, 0.3) is 0 Å². The van der Waals surface area contributed by atoms with Crippen molar-refractivity contribution in [3.05, 3.63) is 0 Å². The smallest absolute Gasteiger partial charge is 0.326 e. The number of guanidine groups is 1. The molecule has 5 atom stereocenters. The maximum Gasteiger partial charge on any atom is 0.326 e. The first kappa shape index (κ1) is 34.5. The molecular weight excluding hydrogens is 498 g/mol.